The Labute approximate surface area is 273 Å². The fraction of sp³-hybridized carbons (Fsp3) is 0.625. The van der Waals surface area contributed by atoms with Crippen molar-refractivity contribution in [3.63, 3.8) is 0 Å². The molecule has 0 N–H and O–H groups in total. The number of benzene rings is 2. The van der Waals surface area contributed by atoms with Crippen molar-refractivity contribution in [2.24, 2.45) is 0 Å². The lowest BCUT2D eigenvalue weighted by Gasteiger charge is -2.24. The summed E-state index contributed by atoms with van der Waals surface area (Å²) >= 11 is 0. The molecule has 2 aromatic rings. The van der Waals surface area contributed by atoms with Gasteiger partial charge in [0.25, 0.3) is 0 Å². The first-order chi connectivity index (χ1) is 21.8. The Kier molecular flexibility index (Phi) is 15.3. The van der Waals surface area contributed by atoms with Crippen molar-refractivity contribution in [1.29, 1.82) is 0 Å². The van der Waals surface area contributed by atoms with Gasteiger partial charge in [0.15, 0.2) is 23.0 Å². The first-order valence-electron chi connectivity index (χ1n) is 15.7. The lowest BCUT2D eigenvalue weighted by Crippen LogP contribution is -2.19. The standard InChI is InChI=1S/C32H50O12P2/c1-23(2)41-45(33,42-24(3)4)27-9-11-29-31(21-27)39-19-15-35-14-18-38-30-12-10-28(46(34,43-25(5)6)44-26(7)8)22-32(30)40-20-16-36-13-17-37-29/h9-12,21-26H,13-20H2,1-8H3. The van der Waals surface area contributed by atoms with Crippen LogP contribution in [-0.2, 0) is 36.7 Å². The van der Waals surface area contributed by atoms with Crippen molar-refractivity contribution in [1.82, 2.24) is 0 Å². The van der Waals surface area contributed by atoms with E-state index in [1.54, 1.807) is 91.8 Å². The van der Waals surface area contributed by atoms with E-state index in [0.29, 0.717) is 33.6 Å². The highest BCUT2D eigenvalue weighted by Crippen LogP contribution is 2.51. The molecule has 0 spiro atoms. The average Bonchev–Trinajstić information content (AvgIpc) is 2.94. The van der Waals surface area contributed by atoms with Crippen LogP contribution in [0.1, 0.15) is 55.4 Å². The number of ether oxygens (including phenoxy) is 6. The summed E-state index contributed by atoms with van der Waals surface area (Å²) < 4.78 is 85.9. The van der Waals surface area contributed by atoms with Crippen LogP contribution in [0.25, 0.3) is 0 Å². The zero-order valence-corrected chi connectivity index (χ0v) is 30.0. The summed E-state index contributed by atoms with van der Waals surface area (Å²) in [7, 11) is -7.25. The van der Waals surface area contributed by atoms with Gasteiger partial charge < -0.3 is 46.5 Å². The molecule has 14 heteroatoms. The Hall–Kier alpha value is -2.14. The molecule has 0 amide bonds. The normalized spacial score (nSPS) is 16.1. The van der Waals surface area contributed by atoms with Crippen molar-refractivity contribution in [2.75, 3.05) is 52.9 Å². The quantitative estimate of drug-likeness (QED) is 0.261. The summed E-state index contributed by atoms with van der Waals surface area (Å²) in [4.78, 5) is 0. The van der Waals surface area contributed by atoms with E-state index in [0.717, 1.165) is 0 Å². The van der Waals surface area contributed by atoms with Gasteiger partial charge in [0.05, 0.1) is 61.5 Å². The summed E-state index contributed by atoms with van der Waals surface area (Å²) in [6, 6.07) is 9.93. The Morgan fingerprint density at radius 1 is 0.457 bits per heavy atom. The maximum Gasteiger partial charge on any atom is 0.361 e. The van der Waals surface area contributed by atoms with Gasteiger partial charge in [0.2, 0.25) is 0 Å². The minimum absolute atomic E-state index is 0.195. The first-order valence-corrected chi connectivity index (χ1v) is 18.8. The fourth-order valence-electron chi connectivity index (χ4n) is 4.25. The molecule has 0 aromatic heterocycles. The molecule has 0 bridgehead atoms. The molecule has 3 rings (SSSR count). The Morgan fingerprint density at radius 3 is 1.02 bits per heavy atom. The van der Waals surface area contributed by atoms with Crippen molar-refractivity contribution in [2.45, 2.75) is 79.8 Å². The van der Waals surface area contributed by atoms with Crippen molar-refractivity contribution in [3.8, 4) is 23.0 Å². The van der Waals surface area contributed by atoms with Crippen LogP contribution in [0.4, 0.5) is 0 Å². The summed E-state index contributed by atoms with van der Waals surface area (Å²) in [6.45, 7) is 16.3. The second-order valence-electron chi connectivity index (χ2n) is 11.5. The molecule has 0 saturated carbocycles. The van der Waals surface area contributed by atoms with Crippen molar-refractivity contribution in [3.05, 3.63) is 36.4 Å². The first kappa shape index (κ1) is 38.3. The van der Waals surface area contributed by atoms with Crippen molar-refractivity contribution >= 4 is 25.8 Å². The van der Waals surface area contributed by atoms with Crippen molar-refractivity contribution < 1.29 is 55.6 Å². The van der Waals surface area contributed by atoms with Gasteiger partial charge >= 0.3 is 15.2 Å². The van der Waals surface area contributed by atoms with Crippen LogP contribution in [-0.4, -0.2) is 77.3 Å². The highest BCUT2D eigenvalue weighted by Gasteiger charge is 2.33. The van der Waals surface area contributed by atoms with Crippen LogP contribution in [0.2, 0.25) is 0 Å². The van der Waals surface area contributed by atoms with E-state index in [9.17, 15) is 9.13 Å². The SMILES string of the molecule is CC(C)OP(=O)(OC(C)C)c1ccc2c(c1)OCCOCCOc1ccc(P(=O)(OC(C)C)OC(C)C)cc1OCCOCCO2. The molecule has 0 saturated heterocycles. The molecule has 46 heavy (non-hydrogen) atoms. The van der Waals surface area contributed by atoms with Gasteiger partial charge in [-0.2, -0.15) is 0 Å². The number of fused-ring (bicyclic) bond motifs is 2. The van der Waals surface area contributed by atoms with Crippen LogP contribution >= 0.6 is 15.2 Å². The summed E-state index contributed by atoms with van der Waals surface area (Å²) in [5.74, 6) is 1.66. The van der Waals surface area contributed by atoms with Gasteiger partial charge in [0.1, 0.15) is 26.4 Å². The number of hydrogen-bond donors (Lipinski definition) is 0. The maximum atomic E-state index is 13.7. The third kappa shape index (κ3) is 12.1. The second kappa shape index (κ2) is 18.4. The summed E-state index contributed by atoms with van der Waals surface area (Å²) in [5, 5.41) is 0.735. The van der Waals surface area contributed by atoms with E-state index in [1.807, 2.05) is 0 Å². The van der Waals surface area contributed by atoms with E-state index in [-0.39, 0.29) is 77.3 Å². The lowest BCUT2D eigenvalue weighted by atomic mass is 10.3. The van der Waals surface area contributed by atoms with E-state index in [4.69, 9.17) is 46.5 Å². The number of hydrogen-bond acceptors (Lipinski definition) is 12. The van der Waals surface area contributed by atoms with Gasteiger partial charge in [-0.3, -0.25) is 9.13 Å². The van der Waals surface area contributed by atoms with Gasteiger partial charge in [-0.25, -0.2) is 0 Å². The molecule has 0 fully saturated rings. The van der Waals surface area contributed by atoms with E-state index in [1.165, 1.54) is 0 Å². The van der Waals surface area contributed by atoms with Crippen LogP contribution in [0, 0.1) is 0 Å². The molecule has 0 aliphatic carbocycles. The topological polar surface area (TPSA) is 126 Å². The Bertz CT molecular complexity index is 1190. The molecule has 260 valence electrons. The zero-order chi connectivity index (χ0) is 33.7. The van der Waals surface area contributed by atoms with Crippen LogP contribution in [0.3, 0.4) is 0 Å². The van der Waals surface area contributed by atoms with Crippen LogP contribution in [0.15, 0.2) is 36.4 Å². The maximum absolute atomic E-state index is 13.7. The smallest absolute Gasteiger partial charge is 0.361 e. The molecular weight excluding hydrogens is 638 g/mol. The van der Waals surface area contributed by atoms with E-state index in [2.05, 4.69) is 0 Å². The molecule has 12 nitrogen and oxygen atoms in total. The van der Waals surface area contributed by atoms with Crippen LogP contribution in [0.5, 0.6) is 23.0 Å². The van der Waals surface area contributed by atoms with E-state index < -0.39 is 15.2 Å². The van der Waals surface area contributed by atoms with Gasteiger partial charge in [-0.15, -0.1) is 0 Å². The Balaban J connectivity index is 1.74. The van der Waals surface area contributed by atoms with Gasteiger partial charge in [-0.05, 0) is 91.8 Å². The summed E-state index contributed by atoms with van der Waals surface area (Å²) in [5.41, 5.74) is 0. The minimum atomic E-state index is -3.63. The predicted molar refractivity (Wildman–Crippen MR) is 176 cm³/mol. The Morgan fingerprint density at radius 2 is 0.739 bits per heavy atom. The monoisotopic (exact) mass is 688 g/mol. The molecule has 0 radical (unpaired) electrons. The third-order valence-corrected chi connectivity index (χ3v) is 10.4. The van der Waals surface area contributed by atoms with Crippen LogP contribution < -0.4 is 29.6 Å². The highest BCUT2D eigenvalue weighted by atomic mass is 31.2. The van der Waals surface area contributed by atoms with Gasteiger partial charge in [-0.1, -0.05) is 0 Å². The minimum Gasteiger partial charge on any atom is -0.487 e. The third-order valence-electron chi connectivity index (χ3n) is 5.83. The second-order valence-corrected chi connectivity index (χ2v) is 15.4. The number of rotatable bonds is 10. The molecule has 0 unspecified atom stereocenters. The molecular formula is C32H50O12P2. The largest absolute Gasteiger partial charge is 0.487 e. The molecule has 1 aliphatic heterocycles. The van der Waals surface area contributed by atoms with Gasteiger partial charge in [0, 0.05) is 0 Å². The molecule has 0 atom stereocenters. The fourth-order valence-corrected chi connectivity index (χ4v) is 8.12. The molecule has 2 aromatic carbocycles. The zero-order valence-electron chi connectivity index (χ0n) is 28.2. The summed E-state index contributed by atoms with van der Waals surface area (Å²) in [6.07, 6.45) is -1.27. The molecule has 1 heterocycles. The average molecular weight is 689 g/mol. The highest BCUT2D eigenvalue weighted by molar-refractivity contribution is 7.62. The predicted octanol–water partition coefficient (Wildman–Crippen LogP) is 6.29. The lowest BCUT2D eigenvalue weighted by molar-refractivity contribution is 0.0640. The van der Waals surface area contributed by atoms with E-state index >= 15 is 0 Å². The molecule has 1 aliphatic rings.